The average Bonchev–Trinajstić information content (AvgIpc) is 3.01. The number of ether oxygens (including phenoxy) is 2. The van der Waals surface area contributed by atoms with Gasteiger partial charge < -0.3 is 19.4 Å². The lowest BCUT2D eigenvalue weighted by Gasteiger charge is -2.11. The maximum absolute atomic E-state index is 12.3. The summed E-state index contributed by atoms with van der Waals surface area (Å²) in [6.07, 6.45) is 1.89. The number of carbonyl (C=O) groups excluding carboxylic acids is 1. The number of benzene rings is 2. The molecule has 0 unspecified atom stereocenters. The Morgan fingerprint density at radius 1 is 1.08 bits per heavy atom. The van der Waals surface area contributed by atoms with E-state index in [1.54, 1.807) is 14.2 Å². The van der Waals surface area contributed by atoms with Crippen LogP contribution in [-0.4, -0.2) is 24.7 Å². The topological polar surface area (TPSA) is 52.5 Å². The van der Waals surface area contributed by atoms with Crippen LogP contribution in [0.3, 0.4) is 0 Å². The molecule has 25 heavy (non-hydrogen) atoms. The molecule has 0 saturated heterocycles. The average molecular weight is 359 g/mol. The summed E-state index contributed by atoms with van der Waals surface area (Å²) in [5, 5.41) is 4.62. The quantitative estimate of drug-likeness (QED) is 0.732. The summed E-state index contributed by atoms with van der Waals surface area (Å²) in [5.41, 5.74) is 1.88. The summed E-state index contributed by atoms with van der Waals surface area (Å²) >= 11 is 6.04. The molecule has 0 bridgehead atoms. The smallest absolute Gasteiger partial charge is 0.240 e. The van der Waals surface area contributed by atoms with E-state index in [2.05, 4.69) is 5.32 Å². The number of nitrogens with zero attached hydrogens (tertiary/aromatic N) is 1. The van der Waals surface area contributed by atoms with E-state index in [-0.39, 0.29) is 12.5 Å². The highest BCUT2D eigenvalue weighted by atomic mass is 35.5. The van der Waals surface area contributed by atoms with Crippen molar-refractivity contribution in [3.8, 4) is 11.5 Å². The molecule has 0 aliphatic rings. The highest BCUT2D eigenvalue weighted by molar-refractivity contribution is 6.31. The first-order valence-corrected chi connectivity index (χ1v) is 8.20. The highest BCUT2D eigenvalue weighted by Crippen LogP contribution is 2.27. The summed E-state index contributed by atoms with van der Waals surface area (Å²) < 4.78 is 12.4. The first-order valence-electron chi connectivity index (χ1n) is 7.82. The van der Waals surface area contributed by atoms with E-state index in [0.29, 0.717) is 23.1 Å². The lowest BCUT2D eigenvalue weighted by molar-refractivity contribution is -0.121. The predicted octanol–water partition coefficient (Wildman–Crippen LogP) is 3.63. The van der Waals surface area contributed by atoms with Gasteiger partial charge >= 0.3 is 0 Å². The lowest BCUT2D eigenvalue weighted by Crippen LogP contribution is -2.26. The van der Waals surface area contributed by atoms with Gasteiger partial charge in [0.25, 0.3) is 0 Å². The molecule has 0 atom stereocenters. The van der Waals surface area contributed by atoms with Gasteiger partial charge in [-0.05, 0) is 41.3 Å². The third-order valence-corrected chi connectivity index (χ3v) is 4.22. The molecule has 2 aromatic carbocycles. The van der Waals surface area contributed by atoms with Crippen LogP contribution < -0.4 is 14.8 Å². The Kier molecular flexibility index (Phi) is 5.14. The molecular weight excluding hydrogens is 340 g/mol. The fourth-order valence-corrected chi connectivity index (χ4v) is 2.86. The summed E-state index contributed by atoms with van der Waals surface area (Å²) in [5.74, 6) is 1.22. The van der Waals surface area contributed by atoms with Gasteiger partial charge in [0, 0.05) is 23.3 Å². The molecule has 1 amide bonds. The van der Waals surface area contributed by atoms with E-state index in [4.69, 9.17) is 21.1 Å². The van der Waals surface area contributed by atoms with E-state index in [0.717, 1.165) is 16.5 Å². The van der Waals surface area contributed by atoms with Crippen LogP contribution in [-0.2, 0) is 17.9 Å². The van der Waals surface area contributed by atoms with Gasteiger partial charge in [-0.3, -0.25) is 4.79 Å². The Morgan fingerprint density at radius 2 is 1.88 bits per heavy atom. The molecular formula is C19H19ClN2O3. The number of methoxy groups -OCH3 is 2. The number of aromatic nitrogens is 1. The zero-order chi connectivity index (χ0) is 17.8. The second-order valence-corrected chi connectivity index (χ2v) is 6.05. The number of rotatable bonds is 6. The maximum atomic E-state index is 12.3. The van der Waals surface area contributed by atoms with E-state index >= 15 is 0 Å². The standard InChI is InChI=1S/C19H19ClN2O3/c1-24-17-6-3-13(9-18(17)25-2)11-21-19(23)12-22-8-7-14-4-5-15(20)10-16(14)22/h3-10H,11-12H2,1-2H3,(H,21,23). The summed E-state index contributed by atoms with van der Waals surface area (Å²) in [6, 6.07) is 13.2. The molecule has 6 heteroatoms. The van der Waals surface area contributed by atoms with Crippen LogP contribution in [0.25, 0.3) is 10.9 Å². The van der Waals surface area contributed by atoms with Gasteiger partial charge in [-0.2, -0.15) is 0 Å². The van der Waals surface area contributed by atoms with Crippen molar-refractivity contribution in [3.05, 3.63) is 59.2 Å². The molecule has 0 aliphatic heterocycles. The Bertz CT molecular complexity index is 905. The molecule has 5 nitrogen and oxygen atoms in total. The SMILES string of the molecule is COc1ccc(CNC(=O)Cn2ccc3ccc(Cl)cc32)cc1OC. The molecule has 1 aromatic heterocycles. The third kappa shape index (κ3) is 3.88. The van der Waals surface area contributed by atoms with Gasteiger partial charge in [0.2, 0.25) is 5.91 Å². The fraction of sp³-hybridized carbons (Fsp3) is 0.211. The Labute approximate surface area is 151 Å². The van der Waals surface area contributed by atoms with E-state index in [9.17, 15) is 4.79 Å². The second-order valence-electron chi connectivity index (χ2n) is 5.61. The van der Waals surface area contributed by atoms with Crippen molar-refractivity contribution >= 4 is 28.4 Å². The molecule has 130 valence electrons. The number of fused-ring (bicyclic) bond motifs is 1. The third-order valence-electron chi connectivity index (χ3n) is 3.99. The van der Waals surface area contributed by atoms with Gasteiger partial charge in [0.05, 0.1) is 14.2 Å². The van der Waals surface area contributed by atoms with Gasteiger partial charge in [-0.15, -0.1) is 0 Å². The van der Waals surface area contributed by atoms with Gasteiger partial charge in [0.15, 0.2) is 11.5 Å². The number of nitrogens with one attached hydrogen (secondary N) is 1. The fourth-order valence-electron chi connectivity index (χ4n) is 2.70. The van der Waals surface area contributed by atoms with Crippen molar-refractivity contribution in [1.82, 2.24) is 9.88 Å². The number of amides is 1. The van der Waals surface area contributed by atoms with Crippen molar-refractivity contribution < 1.29 is 14.3 Å². The zero-order valence-corrected chi connectivity index (χ0v) is 14.8. The van der Waals surface area contributed by atoms with Gasteiger partial charge in [-0.25, -0.2) is 0 Å². The zero-order valence-electron chi connectivity index (χ0n) is 14.1. The first kappa shape index (κ1) is 17.2. The minimum atomic E-state index is -0.0766. The minimum Gasteiger partial charge on any atom is -0.493 e. The van der Waals surface area contributed by atoms with Gasteiger partial charge in [0.1, 0.15) is 6.54 Å². The Hall–Kier alpha value is -2.66. The van der Waals surface area contributed by atoms with Crippen molar-refractivity contribution in [2.75, 3.05) is 14.2 Å². The van der Waals surface area contributed by atoms with Crippen LogP contribution in [0, 0.1) is 0 Å². The van der Waals surface area contributed by atoms with Crippen molar-refractivity contribution in [2.24, 2.45) is 0 Å². The van der Waals surface area contributed by atoms with E-state index in [1.807, 2.05) is 53.2 Å². The summed E-state index contributed by atoms with van der Waals surface area (Å²) in [7, 11) is 3.18. The molecule has 0 radical (unpaired) electrons. The van der Waals surface area contributed by atoms with E-state index < -0.39 is 0 Å². The van der Waals surface area contributed by atoms with Crippen molar-refractivity contribution in [2.45, 2.75) is 13.1 Å². The molecule has 1 N–H and O–H groups in total. The van der Waals surface area contributed by atoms with Crippen LogP contribution >= 0.6 is 11.6 Å². The second kappa shape index (κ2) is 7.49. The predicted molar refractivity (Wildman–Crippen MR) is 98.3 cm³/mol. The van der Waals surface area contributed by atoms with Crippen LogP contribution in [0.1, 0.15) is 5.56 Å². The van der Waals surface area contributed by atoms with Crippen LogP contribution in [0.5, 0.6) is 11.5 Å². The number of halogens is 1. The van der Waals surface area contributed by atoms with Crippen molar-refractivity contribution in [3.63, 3.8) is 0 Å². The molecule has 1 heterocycles. The van der Waals surface area contributed by atoms with Crippen LogP contribution in [0.15, 0.2) is 48.7 Å². The summed E-state index contributed by atoms with van der Waals surface area (Å²) in [6.45, 7) is 0.649. The normalized spacial score (nSPS) is 10.7. The molecule has 0 spiro atoms. The number of carbonyl (C=O) groups is 1. The van der Waals surface area contributed by atoms with Gasteiger partial charge in [-0.1, -0.05) is 23.7 Å². The molecule has 3 rings (SSSR count). The summed E-state index contributed by atoms with van der Waals surface area (Å²) in [4.78, 5) is 12.3. The molecule has 3 aromatic rings. The van der Waals surface area contributed by atoms with Crippen LogP contribution in [0.4, 0.5) is 0 Å². The largest absolute Gasteiger partial charge is 0.493 e. The number of hydrogen-bond donors (Lipinski definition) is 1. The lowest BCUT2D eigenvalue weighted by atomic mass is 10.2. The number of hydrogen-bond acceptors (Lipinski definition) is 3. The highest BCUT2D eigenvalue weighted by Gasteiger charge is 2.08. The molecule has 0 fully saturated rings. The maximum Gasteiger partial charge on any atom is 0.240 e. The monoisotopic (exact) mass is 358 g/mol. The minimum absolute atomic E-state index is 0.0766. The Morgan fingerprint density at radius 3 is 2.64 bits per heavy atom. The molecule has 0 aliphatic carbocycles. The van der Waals surface area contributed by atoms with Crippen molar-refractivity contribution in [1.29, 1.82) is 0 Å². The Balaban J connectivity index is 1.65. The first-order chi connectivity index (χ1) is 12.1. The molecule has 0 saturated carbocycles. The van der Waals surface area contributed by atoms with Crippen LogP contribution in [0.2, 0.25) is 5.02 Å². The van der Waals surface area contributed by atoms with E-state index in [1.165, 1.54) is 0 Å².